The van der Waals surface area contributed by atoms with Crippen LogP contribution >= 0.6 is 0 Å². The van der Waals surface area contributed by atoms with Crippen LogP contribution in [0.1, 0.15) is 5.56 Å². The summed E-state index contributed by atoms with van der Waals surface area (Å²) in [5.74, 6) is 1.51. The van der Waals surface area contributed by atoms with E-state index in [1.54, 1.807) is 0 Å². The molecule has 0 unspecified atom stereocenters. The number of nitrogens with zero attached hydrogens (tertiary/aromatic N) is 1. The zero-order valence-corrected chi connectivity index (χ0v) is 7.17. The number of hydrogen-bond acceptors (Lipinski definition) is 3. The molecule has 1 aromatic rings. The van der Waals surface area contributed by atoms with Crippen LogP contribution in [0.4, 0.5) is 8.78 Å². The van der Waals surface area contributed by atoms with Crippen molar-refractivity contribution < 1.29 is 18.3 Å². The van der Waals surface area contributed by atoms with Crippen LogP contribution in [-0.2, 0) is 9.53 Å². The average Bonchev–Trinajstić information content (AvgIpc) is 2.12. The number of carbonyl (C=O) groups excluding carboxylic acids is 1. The first-order chi connectivity index (χ1) is 6.61. The van der Waals surface area contributed by atoms with Gasteiger partial charge in [0.2, 0.25) is 11.9 Å². The number of pyridine rings is 1. The normalized spacial score (nSPS) is 8.79. The maximum Gasteiger partial charge on any atom is 0.384 e. The molecule has 0 atom stereocenters. The molecule has 3 nitrogen and oxygen atoms in total. The Bertz CT molecular complexity index is 400. The third kappa shape index (κ3) is 2.83. The molecular formula is C9H5F2NO2. The van der Waals surface area contributed by atoms with Gasteiger partial charge in [0, 0.05) is 23.6 Å². The highest BCUT2D eigenvalue weighted by Gasteiger charge is 1.99. The van der Waals surface area contributed by atoms with Gasteiger partial charge in [0.05, 0.1) is 7.11 Å². The maximum absolute atomic E-state index is 12.5. The van der Waals surface area contributed by atoms with Gasteiger partial charge in [-0.1, -0.05) is 5.92 Å². The topological polar surface area (TPSA) is 39.2 Å². The summed E-state index contributed by atoms with van der Waals surface area (Å²) in [5, 5.41) is 0. The SMILES string of the molecule is COC(=O)C#Cc1cc(F)nc(F)c1. The molecule has 5 heteroatoms. The van der Waals surface area contributed by atoms with Gasteiger partial charge in [-0.25, -0.2) is 4.79 Å². The molecule has 0 bridgehead atoms. The summed E-state index contributed by atoms with van der Waals surface area (Å²) in [6.45, 7) is 0. The highest BCUT2D eigenvalue weighted by Crippen LogP contribution is 2.02. The largest absolute Gasteiger partial charge is 0.459 e. The van der Waals surface area contributed by atoms with E-state index in [2.05, 4.69) is 15.6 Å². The van der Waals surface area contributed by atoms with Crippen molar-refractivity contribution in [1.29, 1.82) is 0 Å². The van der Waals surface area contributed by atoms with Gasteiger partial charge in [-0.3, -0.25) is 0 Å². The third-order valence-electron chi connectivity index (χ3n) is 1.26. The van der Waals surface area contributed by atoms with Crippen LogP contribution in [0, 0.1) is 23.7 Å². The second-order valence-corrected chi connectivity index (χ2v) is 2.24. The lowest BCUT2D eigenvalue weighted by Gasteiger charge is -1.91. The Kier molecular flexibility index (Phi) is 3.13. The average molecular weight is 197 g/mol. The first kappa shape index (κ1) is 10.1. The van der Waals surface area contributed by atoms with E-state index < -0.39 is 17.9 Å². The van der Waals surface area contributed by atoms with Gasteiger partial charge in [-0.05, 0) is 0 Å². The number of carbonyl (C=O) groups is 1. The predicted molar refractivity (Wildman–Crippen MR) is 43.0 cm³/mol. The van der Waals surface area contributed by atoms with Crippen molar-refractivity contribution >= 4 is 5.97 Å². The number of methoxy groups -OCH3 is 1. The number of rotatable bonds is 0. The molecule has 0 N–H and O–H groups in total. The summed E-state index contributed by atoms with van der Waals surface area (Å²) >= 11 is 0. The summed E-state index contributed by atoms with van der Waals surface area (Å²) in [4.78, 5) is 13.4. The Morgan fingerprint density at radius 1 is 1.43 bits per heavy atom. The van der Waals surface area contributed by atoms with Gasteiger partial charge < -0.3 is 4.74 Å². The van der Waals surface area contributed by atoms with Gasteiger partial charge in [0.25, 0.3) is 0 Å². The second kappa shape index (κ2) is 4.33. The van der Waals surface area contributed by atoms with Crippen LogP contribution in [0.2, 0.25) is 0 Å². The quantitative estimate of drug-likeness (QED) is 0.352. The van der Waals surface area contributed by atoms with Gasteiger partial charge in [-0.2, -0.15) is 13.8 Å². The lowest BCUT2D eigenvalue weighted by molar-refractivity contribution is -0.133. The molecule has 0 aliphatic rings. The molecule has 1 aromatic heterocycles. The van der Waals surface area contributed by atoms with Crippen molar-refractivity contribution in [3.05, 3.63) is 29.6 Å². The molecule has 0 saturated carbocycles. The number of hydrogen-bond donors (Lipinski definition) is 0. The van der Waals surface area contributed by atoms with Crippen LogP contribution in [0.3, 0.4) is 0 Å². The summed E-state index contributed by atoms with van der Waals surface area (Å²) < 4.78 is 29.2. The first-order valence-electron chi connectivity index (χ1n) is 3.55. The van der Waals surface area contributed by atoms with E-state index in [1.165, 1.54) is 0 Å². The molecule has 72 valence electrons. The summed E-state index contributed by atoms with van der Waals surface area (Å²) in [6.07, 6.45) is 0. The van der Waals surface area contributed by atoms with Crippen LogP contribution < -0.4 is 0 Å². The molecule has 0 aromatic carbocycles. The van der Waals surface area contributed by atoms with Crippen molar-refractivity contribution in [2.75, 3.05) is 7.11 Å². The fourth-order valence-electron chi connectivity index (χ4n) is 0.711. The highest BCUT2D eigenvalue weighted by atomic mass is 19.1. The van der Waals surface area contributed by atoms with E-state index in [0.29, 0.717) is 0 Å². The Morgan fingerprint density at radius 3 is 2.50 bits per heavy atom. The molecule has 1 heterocycles. The molecule has 0 amide bonds. The van der Waals surface area contributed by atoms with Crippen molar-refractivity contribution in [1.82, 2.24) is 4.98 Å². The van der Waals surface area contributed by atoms with E-state index in [-0.39, 0.29) is 5.56 Å². The first-order valence-corrected chi connectivity index (χ1v) is 3.55. The molecule has 14 heavy (non-hydrogen) atoms. The van der Waals surface area contributed by atoms with Crippen molar-refractivity contribution in [2.45, 2.75) is 0 Å². The summed E-state index contributed by atoms with van der Waals surface area (Å²) in [7, 11) is 1.16. The van der Waals surface area contributed by atoms with Crippen molar-refractivity contribution in [3.8, 4) is 11.8 Å². The van der Waals surface area contributed by atoms with E-state index in [9.17, 15) is 13.6 Å². The Hall–Kier alpha value is -1.96. The Balaban J connectivity index is 2.95. The maximum atomic E-state index is 12.5. The van der Waals surface area contributed by atoms with Crippen LogP contribution in [-0.4, -0.2) is 18.1 Å². The lowest BCUT2D eigenvalue weighted by atomic mass is 10.3. The van der Waals surface area contributed by atoms with E-state index >= 15 is 0 Å². The molecular weight excluding hydrogens is 192 g/mol. The van der Waals surface area contributed by atoms with Crippen molar-refractivity contribution in [2.24, 2.45) is 0 Å². The molecule has 0 aliphatic heterocycles. The molecule has 0 aliphatic carbocycles. The monoisotopic (exact) mass is 197 g/mol. The predicted octanol–water partition coefficient (Wildman–Crippen LogP) is 0.884. The van der Waals surface area contributed by atoms with Crippen molar-refractivity contribution in [3.63, 3.8) is 0 Å². The Labute approximate surface area is 78.7 Å². The van der Waals surface area contributed by atoms with Gasteiger partial charge in [-0.15, -0.1) is 0 Å². The zero-order chi connectivity index (χ0) is 10.6. The molecule has 0 fully saturated rings. The summed E-state index contributed by atoms with van der Waals surface area (Å²) in [5.41, 5.74) is 0.0281. The van der Waals surface area contributed by atoms with Crippen LogP contribution in [0.15, 0.2) is 12.1 Å². The number of halogens is 2. The smallest absolute Gasteiger partial charge is 0.384 e. The minimum Gasteiger partial charge on any atom is -0.459 e. The molecule has 1 rings (SSSR count). The van der Waals surface area contributed by atoms with Crippen LogP contribution in [0.25, 0.3) is 0 Å². The minimum absolute atomic E-state index is 0.0281. The summed E-state index contributed by atoms with van der Waals surface area (Å²) in [6, 6.07) is 1.83. The van der Waals surface area contributed by atoms with Gasteiger partial charge in [0.1, 0.15) is 0 Å². The molecule has 0 saturated heterocycles. The minimum atomic E-state index is -0.987. The molecule has 0 radical (unpaired) electrons. The highest BCUT2D eigenvalue weighted by molar-refractivity contribution is 5.88. The zero-order valence-electron chi connectivity index (χ0n) is 7.17. The number of esters is 1. The Morgan fingerprint density at radius 2 is 2.00 bits per heavy atom. The molecule has 0 spiro atoms. The van der Waals surface area contributed by atoms with Crippen LogP contribution in [0.5, 0.6) is 0 Å². The third-order valence-corrected chi connectivity index (χ3v) is 1.26. The standard InChI is InChI=1S/C9H5F2NO2/c1-14-9(13)3-2-6-4-7(10)12-8(11)5-6/h4-5H,1H3. The van der Waals surface area contributed by atoms with Gasteiger partial charge in [0.15, 0.2) is 0 Å². The van der Waals surface area contributed by atoms with E-state index in [1.807, 2.05) is 5.92 Å². The van der Waals surface area contributed by atoms with E-state index in [0.717, 1.165) is 19.2 Å². The lowest BCUT2D eigenvalue weighted by Crippen LogP contribution is -1.95. The fraction of sp³-hybridized carbons (Fsp3) is 0.111. The van der Waals surface area contributed by atoms with E-state index in [4.69, 9.17) is 0 Å². The van der Waals surface area contributed by atoms with Gasteiger partial charge >= 0.3 is 5.97 Å². The number of aromatic nitrogens is 1. The fourth-order valence-corrected chi connectivity index (χ4v) is 0.711. The number of ether oxygens (including phenoxy) is 1. The second-order valence-electron chi connectivity index (χ2n) is 2.24.